The summed E-state index contributed by atoms with van der Waals surface area (Å²) in [7, 11) is 0. The number of amides is 1. The third-order valence-electron chi connectivity index (χ3n) is 8.29. The fourth-order valence-corrected chi connectivity index (χ4v) is 7.64. The number of carbonyl (C=O) groups excluding carboxylic acids is 1. The molecule has 2 aliphatic carbocycles. The van der Waals surface area contributed by atoms with E-state index in [1.807, 2.05) is 11.3 Å². The molecule has 1 saturated carbocycles. The molecular weight excluding hydrogens is 522 g/mol. The first-order valence-corrected chi connectivity index (χ1v) is 15.0. The van der Waals surface area contributed by atoms with Crippen molar-refractivity contribution in [2.75, 3.05) is 31.1 Å². The highest BCUT2D eigenvalue weighted by Gasteiger charge is 2.30. The molecule has 0 radical (unpaired) electrons. The quantitative estimate of drug-likeness (QED) is 0.207. The summed E-state index contributed by atoms with van der Waals surface area (Å²) in [6, 6.07) is 4.27. The molecule has 0 atom stereocenters. The molecule has 10 heteroatoms. The summed E-state index contributed by atoms with van der Waals surface area (Å²) in [4.78, 5) is 41.1. The number of carbonyl (C=O) groups is 1. The lowest BCUT2D eigenvalue weighted by atomic mass is 9.88. The number of benzene rings is 1. The molecule has 3 heterocycles. The summed E-state index contributed by atoms with van der Waals surface area (Å²) in [6.07, 6.45) is 12.0. The topological polar surface area (TPSA) is 92.5 Å². The van der Waals surface area contributed by atoms with E-state index in [0.29, 0.717) is 37.7 Å². The van der Waals surface area contributed by atoms with Crippen LogP contribution in [0.1, 0.15) is 83.9 Å². The second kappa shape index (κ2) is 10.8. The summed E-state index contributed by atoms with van der Waals surface area (Å²) in [5, 5.41) is 12.6. The molecule has 3 aliphatic rings. The Morgan fingerprint density at radius 2 is 1.74 bits per heavy atom. The van der Waals surface area contributed by atoms with E-state index in [9.17, 15) is 14.9 Å². The zero-order chi connectivity index (χ0) is 26.2. The highest BCUT2D eigenvalue weighted by molar-refractivity contribution is 7.19. The number of halogens is 1. The van der Waals surface area contributed by atoms with Crippen LogP contribution in [0.3, 0.4) is 0 Å². The van der Waals surface area contributed by atoms with Gasteiger partial charge < -0.3 is 9.80 Å². The van der Waals surface area contributed by atoms with Crippen LogP contribution in [-0.4, -0.2) is 51.9 Å². The third-order valence-corrected chi connectivity index (χ3v) is 9.79. The van der Waals surface area contributed by atoms with E-state index < -0.39 is 4.92 Å². The number of nitro benzene ring substituents is 1. The van der Waals surface area contributed by atoms with Crippen LogP contribution in [0.4, 0.5) is 11.5 Å². The highest BCUT2D eigenvalue weighted by atomic mass is 35.5. The van der Waals surface area contributed by atoms with Gasteiger partial charge in [-0.3, -0.25) is 14.9 Å². The molecule has 8 nitrogen and oxygen atoms in total. The number of hydrogen-bond acceptors (Lipinski definition) is 7. The van der Waals surface area contributed by atoms with E-state index in [2.05, 4.69) is 4.90 Å². The van der Waals surface area contributed by atoms with Gasteiger partial charge in [-0.1, -0.05) is 37.3 Å². The molecule has 1 amide bonds. The first-order valence-electron chi connectivity index (χ1n) is 13.8. The first kappa shape index (κ1) is 25.5. The van der Waals surface area contributed by atoms with Crippen LogP contribution in [0.5, 0.6) is 0 Å². The number of nitro groups is 1. The van der Waals surface area contributed by atoms with Crippen molar-refractivity contribution < 1.29 is 9.72 Å². The van der Waals surface area contributed by atoms with E-state index in [1.54, 1.807) is 11.0 Å². The van der Waals surface area contributed by atoms with Gasteiger partial charge in [0, 0.05) is 48.6 Å². The molecule has 1 aromatic carbocycles. The van der Waals surface area contributed by atoms with Crippen molar-refractivity contribution in [2.45, 2.75) is 70.1 Å². The Hall–Kier alpha value is -2.78. The van der Waals surface area contributed by atoms with E-state index >= 15 is 0 Å². The van der Waals surface area contributed by atoms with Crippen LogP contribution in [0.25, 0.3) is 10.2 Å². The van der Waals surface area contributed by atoms with Crippen molar-refractivity contribution in [3.8, 4) is 0 Å². The van der Waals surface area contributed by atoms with Crippen LogP contribution in [-0.2, 0) is 12.8 Å². The second-order valence-electron chi connectivity index (χ2n) is 10.7. The lowest BCUT2D eigenvalue weighted by molar-refractivity contribution is -0.384. The molecule has 2 aromatic heterocycles. The molecule has 0 N–H and O–H groups in total. The molecule has 0 unspecified atom stereocenters. The molecule has 6 rings (SSSR count). The van der Waals surface area contributed by atoms with Gasteiger partial charge in [0.25, 0.3) is 11.6 Å². The van der Waals surface area contributed by atoms with Crippen molar-refractivity contribution in [1.82, 2.24) is 14.9 Å². The van der Waals surface area contributed by atoms with Crippen molar-refractivity contribution >= 4 is 50.6 Å². The van der Waals surface area contributed by atoms with E-state index in [0.717, 1.165) is 42.2 Å². The summed E-state index contributed by atoms with van der Waals surface area (Å²) in [5.74, 6) is 2.27. The fraction of sp³-hybridized carbons (Fsp3) is 0.536. The third kappa shape index (κ3) is 4.86. The maximum Gasteiger partial charge on any atom is 0.288 e. The monoisotopic (exact) mass is 553 g/mol. The van der Waals surface area contributed by atoms with Crippen LogP contribution in [0.15, 0.2) is 18.2 Å². The average molecular weight is 554 g/mol. The molecule has 2 fully saturated rings. The maximum absolute atomic E-state index is 13.2. The molecular formula is C28H32ClN5O3S. The average Bonchev–Trinajstić information content (AvgIpc) is 3.13. The largest absolute Gasteiger partial charge is 0.352 e. The van der Waals surface area contributed by atoms with Gasteiger partial charge >= 0.3 is 0 Å². The van der Waals surface area contributed by atoms with E-state index in [-0.39, 0.29) is 16.6 Å². The Labute approximate surface area is 231 Å². The number of thiophene rings is 1. The predicted octanol–water partition coefficient (Wildman–Crippen LogP) is 6.53. The van der Waals surface area contributed by atoms with Gasteiger partial charge in [-0.05, 0) is 56.2 Å². The van der Waals surface area contributed by atoms with Gasteiger partial charge in [0.1, 0.15) is 21.5 Å². The number of nitrogens with zero attached hydrogens (tertiary/aromatic N) is 5. The van der Waals surface area contributed by atoms with Gasteiger partial charge in [-0.15, -0.1) is 11.3 Å². The molecule has 3 aromatic rings. The number of aryl methyl sites for hydroxylation is 2. The maximum atomic E-state index is 13.2. The van der Waals surface area contributed by atoms with Crippen LogP contribution in [0, 0.1) is 10.1 Å². The Balaban J connectivity index is 1.29. The normalized spacial score (nSPS) is 18.9. The number of anilines is 1. The first-order chi connectivity index (χ1) is 18.5. The Kier molecular flexibility index (Phi) is 7.22. The van der Waals surface area contributed by atoms with Gasteiger partial charge in [-0.2, -0.15) is 0 Å². The van der Waals surface area contributed by atoms with Crippen molar-refractivity contribution in [3.05, 3.63) is 55.2 Å². The smallest absolute Gasteiger partial charge is 0.288 e. The summed E-state index contributed by atoms with van der Waals surface area (Å²) in [6.45, 7) is 2.40. The van der Waals surface area contributed by atoms with Crippen molar-refractivity contribution in [1.29, 1.82) is 0 Å². The molecule has 1 saturated heterocycles. The highest BCUT2D eigenvalue weighted by Crippen LogP contribution is 2.41. The summed E-state index contributed by atoms with van der Waals surface area (Å²) >= 11 is 7.82. The van der Waals surface area contributed by atoms with Crippen LogP contribution < -0.4 is 4.90 Å². The number of fused-ring (bicyclic) bond motifs is 3. The van der Waals surface area contributed by atoms with E-state index in [1.165, 1.54) is 66.5 Å². The minimum absolute atomic E-state index is 0.0350. The summed E-state index contributed by atoms with van der Waals surface area (Å²) in [5.41, 5.74) is 1.49. The zero-order valence-electron chi connectivity index (χ0n) is 21.5. The molecule has 0 spiro atoms. The number of piperazine rings is 1. The SMILES string of the molecule is O=C(c1ccc(Cl)c([N+](=O)[O-])c1)N1CCN(c2nc(C3CCCCC3)nc3sc4c(c23)CCCCC4)CC1. The fourth-order valence-electron chi connectivity index (χ4n) is 6.19. The van der Waals surface area contributed by atoms with Gasteiger partial charge in [0.2, 0.25) is 0 Å². The second-order valence-corrected chi connectivity index (χ2v) is 12.2. The Bertz CT molecular complexity index is 1380. The van der Waals surface area contributed by atoms with Gasteiger partial charge in [0.15, 0.2) is 0 Å². The predicted molar refractivity (Wildman–Crippen MR) is 151 cm³/mol. The number of hydrogen-bond donors (Lipinski definition) is 0. The number of rotatable bonds is 4. The lowest BCUT2D eigenvalue weighted by Gasteiger charge is -2.36. The zero-order valence-corrected chi connectivity index (χ0v) is 23.0. The number of aromatic nitrogens is 2. The van der Waals surface area contributed by atoms with Crippen molar-refractivity contribution in [3.63, 3.8) is 0 Å². The van der Waals surface area contributed by atoms with Crippen molar-refractivity contribution in [2.24, 2.45) is 0 Å². The minimum atomic E-state index is -0.551. The van der Waals surface area contributed by atoms with Gasteiger partial charge in [0.05, 0.1) is 10.3 Å². The standard InChI is InChI=1S/C28H32ClN5O3S/c29-21-12-11-19(17-22(21)34(36)37)28(35)33-15-13-32(14-16-33)26-24-20-9-5-2-6-10-23(20)38-27(24)31-25(30-26)18-7-3-1-4-8-18/h11-12,17-18H,1-10,13-16H2. The van der Waals surface area contributed by atoms with Gasteiger partial charge in [-0.25, -0.2) is 9.97 Å². The minimum Gasteiger partial charge on any atom is -0.352 e. The molecule has 200 valence electrons. The van der Waals surface area contributed by atoms with Crippen LogP contribution >= 0.6 is 22.9 Å². The Morgan fingerprint density at radius 1 is 1.00 bits per heavy atom. The van der Waals surface area contributed by atoms with E-state index in [4.69, 9.17) is 21.6 Å². The Morgan fingerprint density at radius 3 is 2.50 bits per heavy atom. The molecule has 0 bridgehead atoms. The molecule has 38 heavy (non-hydrogen) atoms. The van der Waals surface area contributed by atoms with Crippen LogP contribution in [0.2, 0.25) is 5.02 Å². The lowest BCUT2D eigenvalue weighted by Crippen LogP contribution is -2.49. The molecule has 1 aliphatic heterocycles. The summed E-state index contributed by atoms with van der Waals surface area (Å²) < 4.78 is 0.